The lowest BCUT2D eigenvalue weighted by molar-refractivity contribution is 0.0992. The van der Waals surface area contributed by atoms with Gasteiger partial charge in [-0.2, -0.15) is 0 Å². The molecule has 0 saturated heterocycles. The van der Waals surface area contributed by atoms with Gasteiger partial charge in [0.15, 0.2) is 5.78 Å². The van der Waals surface area contributed by atoms with Crippen molar-refractivity contribution in [3.8, 4) is 5.75 Å². The number of hydrogen-bond donors (Lipinski definition) is 0. The molecule has 0 heterocycles. The highest BCUT2D eigenvalue weighted by Gasteiger charge is 2.14. The molecule has 23 heavy (non-hydrogen) atoms. The molecule has 122 valence electrons. The third-order valence-electron chi connectivity index (χ3n) is 4.18. The number of ether oxygens (including phenoxy) is 1. The van der Waals surface area contributed by atoms with Gasteiger partial charge in [-0.1, -0.05) is 52.0 Å². The Balaban J connectivity index is 2.35. The Morgan fingerprint density at radius 3 is 2.04 bits per heavy atom. The molecule has 0 aliphatic rings. The van der Waals surface area contributed by atoms with Gasteiger partial charge in [-0.25, -0.2) is 0 Å². The summed E-state index contributed by atoms with van der Waals surface area (Å²) in [6.45, 7) is 8.64. The molecule has 2 aromatic rings. The molecule has 2 rings (SSSR count). The number of ketones is 1. The quantitative estimate of drug-likeness (QED) is 0.671. The number of hydrogen-bond acceptors (Lipinski definition) is 2. The first-order valence-electron chi connectivity index (χ1n) is 8.22. The van der Waals surface area contributed by atoms with E-state index in [0.717, 1.165) is 16.9 Å². The molecule has 0 amide bonds. The van der Waals surface area contributed by atoms with E-state index in [1.54, 1.807) is 7.11 Å². The van der Waals surface area contributed by atoms with Gasteiger partial charge in [0.25, 0.3) is 0 Å². The lowest BCUT2D eigenvalue weighted by atomic mass is 9.91. The Bertz CT molecular complexity index is 658. The van der Waals surface area contributed by atoms with Gasteiger partial charge in [-0.05, 0) is 41.2 Å². The van der Waals surface area contributed by atoms with Crippen molar-refractivity contribution in [2.75, 3.05) is 7.11 Å². The zero-order valence-corrected chi connectivity index (χ0v) is 14.7. The van der Waals surface area contributed by atoms with Crippen molar-refractivity contribution in [2.45, 2.75) is 46.0 Å². The molecule has 0 spiro atoms. The van der Waals surface area contributed by atoms with Crippen molar-refractivity contribution in [2.24, 2.45) is 0 Å². The second-order valence-corrected chi connectivity index (χ2v) is 6.61. The van der Waals surface area contributed by atoms with E-state index in [1.165, 1.54) is 11.1 Å². The first kappa shape index (κ1) is 17.3. The van der Waals surface area contributed by atoms with E-state index in [-0.39, 0.29) is 5.78 Å². The highest BCUT2D eigenvalue weighted by molar-refractivity contribution is 5.98. The summed E-state index contributed by atoms with van der Waals surface area (Å²) in [7, 11) is 1.64. The van der Waals surface area contributed by atoms with Gasteiger partial charge < -0.3 is 4.74 Å². The van der Waals surface area contributed by atoms with E-state index < -0.39 is 0 Å². The SMILES string of the molecule is COc1ccccc1CC(=O)c1cc(C(C)C)cc(C(C)C)c1. The topological polar surface area (TPSA) is 26.3 Å². The highest BCUT2D eigenvalue weighted by atomic mass is 16.5. The molecule has 2 aromatic carbocycles. The zero-order chi connectivity index (χ0) is 17.0. The van der Waals surface area contributed by atoms with E-state index in [9.17, 15) is 4.79 Å². The van der Waals surface area contributed by atoms with Gasteiger partial charge in [0.05, 0.1) is 7.11 Å². The zero-order valence-electron chi connectivity index (χ0n) is 14.7. The summed E-state index contributed by atoms with van der Waals surface area (Å²) in [4.78, 5) is 12.8. The summed E-state index contributed by atoms with van der Waals surface area (Å²) >= 11 is 0. The van der Waals surface area contributed by atoms with Crippen LogP contribution < -0.4 is 4.74 Å². The maximum absolute atomic E-state index is 12.8. The first-order valence-corrected chi connectivity index (χ1v) is 8.22. The minimum Gasteiger partial charge on any atom is -0.496 e. The molecule has 0 saturated carbocycles. The minimum atomic E-state index is 0.138. The van der Waals surface area contributed by atoms with Crippen molar-refractivity contribution in [3.63, 3.8) is 0 Å². The third kappa shape index (κ3) is 4.22. The second-order valence-electron chi connectivity index (χ2n) is 6.61. The largest absolute Gasteiger partial charge is 0.496 e. The molecule has 0 radical (unpaired) electrons. The molecule has 0 unspecified atom stereocenters. The number of Topliss-reactive ketones (excluding diaryl/α,β-unsaturated/α-hetero) is 1. The summed E-state index contributed by atoms with van der Waals surface area (Å²) < 4.78 is 5.35. The van der Waals surface area contributed by atoms with Gasteiger partial charge in [0, 0.05) is 17.5 Å². The monoisotopic (exact) mass is 310 g/mol. The van der Waals surface area contributed by atoms with E-state index in [0.29, 0.717) is 18.3 Å². The Hall–Kier alpha value is -2.09. The fourth-order valence-electron chi connectivity index (χ4n) is 2.63. The van der Waals surface area contributed by atoms with Crippen molar-refractivity contribution >= 4 is 5.78 Å². The predicted octanol–water partition coefficient (Wildman–Crippen LogP) is 5.37. The highest BCUT2D eigenvalue weighted by Crippen LogP contribution is 2.25. The molecular formula is C21H26O2. The molecule has 0 atom stereocenters. The third-order valence-corrected chi connectivity index (χ3v) is 4.18. The van der Waals surface area contributed by atoms with Crippen LogP contribution in [0.4, 0.5) is 0 Å². The summed E-state index contributed by atoms with van der Waals surface area (Å²) in [6, 6.07) is 14.0. The van der Waals surface area contributed by atoms with Crippen LogP contribution >= 0.6 is 0 Å². The van der Waals surface area contributed by atoms with E-state index >= 15 is 0 Å². The molecular weight excluding hydrogens is 284 g/mol. The van der Waals surface area contributed by atoms with Gasteiger partial charge in [0.2, 0.25) is 0 Å². The summed E-state index contributed by atoms with van der Waals surface area (Å²) in [6.07, 6.45) is 0.364. The summed E-state index contributed by atoms with van der Waals surface area (Å²) in [5.74, 6) is 1.72. The molecule has 0 aliphatic heterocycles. The van der Waals surface area contributed by atoms with E-state index in [4.69, 9.17) is 4.74 Å². The predicted molar refractivity (Wildman–Crippen MR) is 95.6 cm³/mol. The Kier molecular flexibility index (Phi) is 5.59. The maximum atomic E-state index is 12.8. The fourth-order valence-corrected chi connectivity index (χ4v) is 2.63. The lowest BCUT2D eigenvalue weighted by Crippen LogP contribution is -2.07. The molecule has 0 N–H and O–H groups in total. The van der Waals surface area contributed by atoms with Gasteiger partial charge in [-0.3, -0.25) is 4.79 Å². The number of methoxy groups -OCH3 is 1. The molecule has 0 bridgehead atoms. The molecule has 0 fully saturated rings. The molecule has 0 aliphatic carbocycles. The number of carbonyl (C=O) groups is 1. The van der Waals surface area contributed by atoms with Crippen molar-refractivity contribution < 1.29 is 9.53 Å². The van der Waals surface area contributed by atoms with E-state index in [1.807, 2.05) is 36.4 Å². The maximum Gasteiger partial charge on any atom is 0.167 e. The van der Waals surface area contributed by atoms with Crippen LogP contribution in [0.5, 0.6) is 5.75 Å². The van der Waals surface area contributed by atoms with Crippen LogP contribution in [-0.2, 0) is 6.42 Å². The summed E-state index contributed by atoms with van der Waals surface area (Å²) in [5.41, 5.74) is 4.17. The number of carbonyl (C=O) groups excluding carboxylic acids is 1. The summed E-state index contributed by atoms with van der Waals surface area (Å²) in [5, 5.41) is 0. The smallest absolute Gasteiger partial charge is 0.167 e. The van der Waals surface area contributed by atoms with Crippen LogP contribution in [0.15, 0.2) is 42.5 Å². The van der Waals surface area contributed by atoms with Crippen LogP contribution in [0.3, 0.4) is 0 Å². The van der Waals surface area contributed by atoms with Crippen molar-refractivity contribution in [1.29, 1.82) is 0 Å². The van der Waals surface area contributed by atoms with Gasteiger partial charge in [0.1, 0.15) is 5.75 Å². The Morgan fingerprint density at radius 2 is 1.52 bits per heavy atom. The average molecular weight is 310 g/mol. The molecule has 2 nitrogen and oxygen atoms in total. The van der Waals surface area contributed by atoms with E-state index in [2.05, 4.69) is 33.8 Å². The van der Waals surface area contributed by atoms with Crippen molar-refractivity contribution in [1.82, 2.24) is 0 Å². The second kappa shape index (κ2) is 7.45. The van der Waals surface area contributed by atoms with Gasteiger partial charge >= 0.3 is 0 Å². The fraction of sp³-hybridized carbons (Fsp3) is 0.381. The van der Waals surface area contributed by atoms with Gasteiger partial charge in [-0.15, -0.1) is 0 Å². The van der Waals surface area contributed by atoms with Crippen LogP contribution in [0.2, 0.25) is 0 Å². The standard InChI is InChI=1S/C21H26O2/c1-14(2)17-10-18(15(3)4)12-19(11-17)20(22)13-16-8-6-7-9-21(16)23-5/h6-12,14-15H,13H2,1-5H3. The van der Waals surface area contributed by atoms with Crippen LogP contribution in [-0.4, -0.2) is 12.9 Å². The Morgan fingerprint density at radius 1 is 0.957 bits per heavy atom. The number of benzene rings is 2. The van der Waals surface area contributed by atoms with Crippen LogP contribution in [0.25, 0.3) is 0 Å². The number of para-hydroxylation sites is 1. The van der Waals surface area contributed by atoms with Crippen LogP contribution in [0.1, 0.15) is 66.6 Å². The average Bonchev–Trinajstić information content (AvgIpc) is 2.54. The first-order chi connectivity index (χ1) is 10.9. The number of rotatable bonds is 6. The lowest BCUT2D eigenvalue weighted by Gasteiger charge is -2.14. The Labute approximate surface area is 139 Å². The minimum absolute atomic E-state index is 0.138. The van der Waals surface area contributed by atoms with Crippen molar-refractivity contribution in [3.05, 3.63) is 64.7 Å². The molecule has 2 heteroatoms. The van der Waals surface area contributed by atoms with Crippen LogP contribution in [0, 0.1) is 0 Å². The normalized spacial score (nSPS) is 11.1. The molecule has 0 aromatic heterocycles.